The van der Waals surface area contributed by atoms with Crippen molar-refractivity contribution in [2.75, 3.05) is 26.2 Å². The van der Waals surface area contributed by atoms with Gasteiger partial charge in [0.05, 0.1) is 0 Å². The van der Waals surface area contributed by atoms with Crippen molar-refractivity contribution in [1.29, 1.82) is 0 Å². The van der Waals surface area contributed by atoms with Crippen LogP contribution in [0.5, 0.6) is 0 Å². The Hall–Kier alpha value is -1.89. The predicted molar refractivity (Wildman–Crippen MR) is 81.7 cm³/mol. The molecule has 0 saturated carbocycles. The molecule has 1 atom stereocenters. The van der Waals surface area contributed by atoms with Gasteiger partial charge in [0.25, 0.3) is 5.56 Å². The lowest BCUT2D eigenvalue weighted by Gasteiger charge is -2.37. The van der Waals surface area contributed by atoms with Crippen molar-refractivity contribution >= 4 is 5.91 Å². The quantitative estimate of drug-likeness (QED) is 0.826. The second-order valence-electron chi connectivity index (χ2n) is 6.12. The van der Waals surface area contributed by atoms with Crippen molar-refractivity contribution in [3.8, 4) is 0 Å². The lowest BCUT2D eigenvalue weighted by Crippen LogP contribution is -2.50. The highest BCUT2D eigenvalue weighted by Crippen LogP contribution is 2.20. The fraction of sp³-hybridized carbons (Fsp3) is 0.667. The highest BCUT2D eigenvalue weighted by atomic mass is 16.2. The van der Waals surface area contributed by atoms with Gasteiger partial charge in [0, 0.05) is 31.4 Å². The molecule has 0 radical (unpaired) electrons. The number of carbonyl (C=O) groups is 1. The molecule has 0 aliphatic carbocycles. The van der Waals surface area contributed by atoms with Crippen LogP contribution in [0.25, 0.3) is 0 Å². The second-order valence-corrected chi connectivity index (χ2v) is 6.12. The Morgan fingerprint density at radius 2 is 1.95 bits per heavy atom. The van der Waals surface area contributed by atoms with Crippen LogP contribution in [-0.4, -0.2) is 57.5 Å². The highest BCUT2D eigenvalue weighted by Gasteiger charge is 2.29. The molecule has 0 aromatic carbocycles. The van der Waals surface area contributed by atoms with E-state index in [0.29, 0.717) is 6.04 Å². The summed E-state index contributed by atoms with van der Waals surface area (Å²) in [6.07, 6.45) is 6.02. The third-order valence-electron chi connectivity index (χ3n) is 4.61. The largest absolute Gasteiger partial charge is 0.340 e. The average molecular weight is 306 g/mol. The Bertz CT molecular complexity index is 645. The van der Waals surface area contributed by atoms with E-state index in [2.05, 4.69) is 9.88 Å². The molecule has 1 amide bonds. The van der Waals surface area contributed by atoms with E-state index >= 15 is 0 Å². The van der Waals surface area contributed by atoms with Gasteiger partial charge >= 0.3 is 5.69 Å². The summed E-state index contributed by atoms with van der Waals surface area (Å²) in [5.41, 5.74) is -0.977. The van der Waals surface area contributed by atoms with Crippen molar-refractivity contribution in [1.82, 2.24) is 19.4 Å². The number of aromatic nitrogens is 2. The van der Waals surface area contributed by atoms with Gasteiger partial charge in [-0.1, -0.05) is 0 Å². The number of carbonyl (C=O) groups excluding carboxylic acids is 1. The monoisotopic (exact) mass is 306 g/mol. The lowest BCUT2D eigenvalue weighted by molar-refractivity contribution is -0.134. The Morgan fingerprint density at radius 3 is 2.68 bits per heavy atom. The van der Waals surface area contributed by atoms with Crippen LogP contribution < -0.4 is 11.2 Å². The van der Waals surface area contributed by atoms with Gasteiger partial charge in [-0.3, -0.25) is 24.0 Å². The summed E-state index contributed by atoms with van der Waals surface area (Å²) in [5.74, 6) is -0.0574. The lowest BCUT2D eigenvalue weighted by atomic mass is 10.0. The Labute approximate surface area is 128 Å². The van der Waals surface area contributed by atoms with Gasteiger partial charge in [-0.2, -0.15) is 0 Å². The number of likely N-dealkylation sites (tertiary alicyclic amines) is 2. The number of H-pyrrole nitrogens is 1. The van der Waals surface area contributed by atoms with Crippen LogP contribution >= 0.6 is 0 Å². The van der Waals surface area contributed by atoms with E-state index in [9.17, 15) is 14.4 Å². The molecular formula is C15H22N4O3. The molecule has 2 aliphatic rings. The number of nitrogens with one attached hydrogen (secondary N) is 1. The topological polar surface area (TPSA) is 78.4 Å². The third-order valence-corrected chi connectivity index (χ3v) is 4.61. The molecule has 7 heteroatoms. The van der Waals surface area contributed by atoms with Crippen molar-refractivity contribution in [3.05, 3.63) is 33.1 Å². The molecule has 0 spiro atoms. The second kappa shape index (κ2) is 6.48. The zero-order valence-corrected chi connectivity index (χ0v) is 12.7. The first-order valence-electron chi connectivity index (χ1n) is 7.95. The fourth-order valence-electron chi connectivity index (χ4n) is 3.40. The molecule has 120 valence electrons. The minimum absolute atomic E-state index is 0.0116. The summed E-state index contributed by atoms with van der Waals surface area (Å²) in [5, 5.41) is 0. The van der Waals surface area contributed by atoms with Crippen LogP contribution in [0, 0.1) is 0 Å². The number of aromatic amines is 1. The van der Waals surface area contributed by atoms with Crippen LogP contribution in [0.4, 0.5) is 0 Å². The first-order valence-corrected chi connectivity index (χ1v) is 7.95. The van der Waals surface area contributed by atoms with Gasteiger partial charge in [-0.05, 0) is 38.8 Å². The van der Waals surface area contributed by atoms with E-state index in [1.165, 1.54) is 29.7 Å². The SMILES string of the molecule is O=C(Cn1ccc(=O)[nH]c1=O)N1CCC[C@H](N2CCCC2)C1. The van der Waals surface area contributed by atoms with E-state index in [1.807, 2.05) is 4.90 Å². The molecule has 3 heterocycles. The molecule has 2 saturated heterocycles. The highest BCUT2D eigenvalue weighted by molar-refractivity contribution is 5.76. The number of hydrogen-bond donors (Lipinski definition) is 1. The summed E-state index contributed by atoms with van der Waals surface area (Å²) in [6, 6.07) is 1.71. The van der Waals surface area contributed by atoms with E-state index in [0.717, 1.165) is 39.0 Å². The zero-order chi connectivity index (χ0) is 15.5. The first-order chi connectivity index (χ1) is 10.6. The fourth-order valence-corrected chi connectivity index (χ4v) is 3.40. The number of hydrogen-bond acceptors (Lipinski definition) is 4. The van der Waals surface area contributed by atoms with Crippen molar-refractivity contribution in [2.45, 2.75) is 38.3 Å². The number of amides is 1. The predicted octanol–water partition coefficient (Wildman–Crippen LogP) is -0.377. The molecule has 22 heavy (non-hydrogen) atoms. The number of nitrogens with zero attached hydrogens (tertiary/aromatic N) is 3. The molecule has 1 aromatic heterocycles. The Morgan fingerprint density at radius 1 is 1.18 bits per heavy atom. The van der Waals surface area contributed by atoms with Gasteiger partial charge in [0.15, 0.2) is 0 Å². The van der Waals surface area contributed by atoms with Gasteiger partial charge < -0.3 is 4.90 Å². The average Bonchev–Trinajstić information content (AvgIpc) is 3.04. The molecule has 1 N–H and O–H groups in total. The maximum absolute atomic E-state index is 12.4. The van der Waals surface area contributed by atoms with Crippen LogP contribution in [0.3, 0.4) is 0 Å². The van der Waals surface area contributed by atoms with Crippen LogP contribution in [0.15, 0.2) is 21.9 Å². The molecule has 0 unspecified atom stereocenters. The van der Waals surface area contributed by atoms with Gasteiger partial charge in [0.2, 0.25) is 5.91 Å². The third kappa shape index (κ3) is 3.30. The van der Waals surface area contributed by atoms with Crippen LogP contribution in [0.2, 0.25) is 0 Å². The van der Waals surface area contributed by atoms with Gasteiger partial charge in [0.1, 0.15) is 6.54 Å². The van der Waals surface area contributed by atoms with Gasteiger partial charge in [-0.15, -0.1) is 0 Å². The summed E-state index contributed by atoms with van der Waals surface area (Å²) in [6.45, 7) is 3.75. The normalized spacial score (nSPS) is 22.9. The van der Waals surface area contributed by atoms with Crippen molar-refractivity contribution in [3.63, 3.8) is 0 Å². The molecule has 2 fully saturated rings. The number of rotatable bonds is 3. The number of piperidine rings is 1. The molecule has 1 aromatic rings. The minimum atomic E-state index is -0.533. The van der Waals surface area contributed by atoms with Crippen molar-refractivity contribution in [2.24, 2.45) is 0 Å². The van der Waals surface area contributed by atoms with E-state index in [1.54, 1.807) is 0 Å². The molecular weight excluding hydrogens is 284 g/mol. The molecule has 0 bridgehead atoms. The summed E-state index contributed by atoms with van der Waals surface area (Å²) in [4.78, 5) is 41.6. The standard InChI is InChI=1S/C15H22N4O3/c20-13-5-9-19(15(22)16-13)11-14(21)18-8-3-4-12(10-18)17-6-1-2-7-17/h5,9,12H,1-4,6-8,10-11H2,(H,16,20,22)/t12-/m0/s1. The summed E-state index contributed by atoms with van der Waals surface area (Å²) >= 11 is 0. The van der Waals surface area contributed by atoms with E-state index in [4.69, 9.17) is 0 Å². The summed E-state index contributed by atoms with van der Waals surface area (Å²) in [7, 11) is 0. The minimum Gasteiger partial charge on any atom is -0.340 e. The van der Waals surface area contributed by atoms with E-state index in [-0.39, 0.29) is 12.5 Å². The first kappa shape index (κ1) is 15.0. The molecule has 2 aliphatic heterocycles. The van der Waals surface area contributed by atoms with E-state index < -0.39 is 11.2 Å². The Kier molecular flexibility index (Phi) is 4.42. The smallest absolute Gasteiger partial charge is 0.328 e. The van der Waals surface area contributed by atoms with Gasteiger partial charge in [-0.25, -0.2) is 4.79 Å². The maximum Gasteiger partial charge on any atom is 0.328 e. The maximum atomic E-state index is 12.4. The summed E-state index contributed by atoms with van der Waals surface area (Å²) < 4.78 is 1.25. The van der Waals surface area contributed by atoms with Crippen molar-refractivity contribution < 1.29 is 4.79 Å². The molecule has 7 nitrogen and oxygen atoms in total. The van der Waals surface area contributed by atoms with Crippen LogP contribution in [0.1, 0.15) is 25.7 Å². The van der Waals surface area contributed by atoms with Crippen LogP contribution in [-0.2, 0) is 11.3 Å². The molecule has 3 rings (SSSR count). The zero-order valence-electron chi connectivity index (χ0n) is 12.7. The Balaban J connectivity index is 1.64.